The smallest absolute Gasteiger partial charge is 0.374 e. The molecule has 0 aromatic rings. The van der Waals surface area contributed by atoms with Gasteiger partial charge in [-0.25, -0.2) is 4.79 Å². The van der Waals surface area contributed by atoms with Crippen molar-refractivity contribution in [2.24, 2.45) is 23.7 Å². The van der Waals surface area contributed by atoms with Crippen molar-refractivity contribution in [3.8, 4) is 0 Å². The zero-order valence-electron chi connectivity index (χ0n) is 20.9. The summed E-state index contributed by atoms with van der Waals surface area (Å²) >= 11 is 0. The molecular weight excluding hydrogens is 424 g/mol. The normalized spacial score (nSPS) is 39.0. The molecular formula is C26H36O7. The number of rotatable bonds is 3. The molecule has 7 nitrogen and oxygen atoms in total. The third kappa shape index (κ3) is 3.64. The Morgan fingerprint density at radius 3 is 2.45 bits per heavy atom. The first-order valence-electron chi connectivity index (χ1n) is 11.8. The summed E-state index contributed by atoms with van der Waals surface area (Å²) in [5.41, 5.74) is 2.27. The van der Waals surface area contributed by atoms with E-state index in [9.17, 15) is 9.59 Å². The van der Waals surface area contributed by atoms with E-state index in [1.165, 1.54) is 7.11 Å². The molecule has 2 saturated heterocycles. The summed E-state index contributed by atoms with van der Waals surface area (Å²) in [6, 6.07) is 0. The molecule has 0 aromatic heterocycles. The van der Waals surface area contributed by atoms with E-state index in [-0.39, 0.29) is 29.8 Å². The molecule has 0 N–H and O–H groups in total. The van der Waals surface area contributed by atoms with E-state index in [1.54, 1.807) is 7.11 Å². The molecule has 3 heterocycles. The highest BCUT2D eigenvalue weighted by Gasteiger charge is 2.63. The summed E-state index contributed by atoms with van der Waals surface area (Å²) in [5, 5.41) is 0. The van der Waals surface area contributed by atoms with Crippen molar-refractivity contribution in [2.45, 2.75) is 78.3 Å². The Kier molecular flexibility index (Phi) is 6.02. The number of carbonyl (C=O) groups excluding carboxylic acids is 2. The van der Waals surface area contributed by atoms with Crippen molar-refractivity contribution < 1.29 is 33.3 Å². The molecule has 0 radical (unpaired) electrons. The molecule has 0 saturated carbocycles. The third-order valence-corrected chi connectivity index (χ3v) is 8.04. The zero-order chi connectivity index (χ0) is 24.3. The standard InChI is InChI=1S/C26H36O7/c1-13(2)17-16-10-9-14(3)21-18-19(26(6,30-8)32-21)23(27)31-20(18)15(4)11-12-25(16,5)33-24(28)22(17)29-7/h9,13,16,18-19,21H,10-12H2,1-8H3/t16-,18+,19-,21+,25+,26+/m0/s1. The van der Waals surface area contributed by atoms with Gasteiger partial charge in [0, 0.05) is 13.0 Å². The highest BCUT2D eigenvalue weighted by Crippen LogP contribution is 2.54. The first kappa shape index (κ1) is 24.0. The van der Waals surface area contributed by atoms with Gasteiger partial charge in [-0.15, -0.1) is 0 Å². The van der Waals surface area contributed by atoms with Gasteiger partial charge < -0.3 is 23.7 Å². The zero-order valence-corrected chi connectivity index (χ0v) is 20.9. The van der Waals surface area contributed by atoms with E-state index in [2.05, 4.69) is 19.9 Å². The Morgan fingerprint density at radius 2 is 1.85 bits per heavy atom. The average molecular weight is 461 g/mol. The minimum Gasteiger partial charge on any atom is -0.490 e. The predicted molar refractivity (Wildman–Crippen MR) is 121 cm³/mol. The lowest BCUT2D eigenvalue weighted by atomic mass is 9.72. The van der Waals surface area contributed by atoms with Crippen molar-refractivity contribution in [3.63, 3.8) is 0 Å². The lowest BCUT2D eigenvalue weighted by Crippen LogP contribution is -2.46. The molecule has 1 aliphatic carbocycles. The van der Waals surface area contributed by atoms with Gasteiger partial charge in [0.2, 0.25) is 5.76 Å². The van der Waals surface area contributed by atoms with E-state index in [1.807, 2.05) is 27.7 Å². The van der Waals surface area contributed by atoms with Gasteiger partial charge in [-0.1, -0.05) is 19.9 Å². The third-order valence-electron chi connectivity index (χ3n) is 8.04. The Morgan fingerprint density at radius 1 is 1.15 bits per heavy atom. The molecule has 4 aliphatic rings. The summed E-state index contributed by atoms with van der Waals surface area (Å²) in [7, 11) is 3.09. The second-order valence-electron chi connectivity index (χ2n) is 10.4. The molecule has 0 bridgehead atoms. The van der Waals surface area contributed by atoms with E-state index >= 15 is 0 Å². The SMILES string of the molecule is COC1=C(C(C)C)[C@@H]2CC=C(C)[C@H]3O[C@@](C)(OC)[C@@H]4C(=O)OC(=C(C)CC[C@@]2(C)OC1=O)[C@H]34. The average Bonchev–Trinajstić information content (AvgIpc) is 3.26. The van der Waals surface area contributed by atoms with Gasteiger partial charge in [-0.2, -0.15) is 0 Å². The van der Waals surface area contributed by atoms with Crippen LogP contribution in [-0.2, 0) is 33.3 Å². The van der Waals surface area contributed by atoms with E-state index in [0.717, 1.165) is 16.7 Å². The quantitative estimate of drug-likeness (QED) is 0.455. The van der Waals surface area contributed by atoms with Crippen molar-refractivity contribution in [3.05, 3.63) is 34.3 Å². The largest absolute Gasteiger partial charge is 0.490 e. The first-order chi connectivity index (χ1) is 15.5. The van der Waals surface area contributed by atoms with Crippen molar-refractivity contribution in [1.29, 1.82) is 0 Å². The molecule has 0 aromatic carbocycles. The van der Waals surface area contributed by atoms with Crippen LogP contribution in [0.2, 0.25) is 0 Å². The van der Waals surface area contributed by atoms with E-state index in [0.29, 0.717) is 30.8 Å². The number of esters is 2. The number of fused-ring (bicyclic) bond motifs is 1. The van der Waals surface area contributed by atoms with Gasteiger partial charge in [0.05, 0.1) is 19.1 Å². The molecule has 3 aliphatic heterocycles. The Bertz CT molecular complexity index is 958. The van der Waals surface area contributed by atoms with Crippen LogP contribution in [0, 0.1) is 23.7 Å². The van der Waals surface area contributed by atoms with Crippen LogP contribution in [0.5, 0.6) is 0 Å². The second kappa shape index (κ2) is 8.27. The maximum atomic E-state index is 12.9. The summed E-state index contributed by atoms with van der Waals surface area (Å²) in [6.45, 7) is 12.0. The monoisotopic (exact) mass is 460 g/mol. The van der Waals surface area contributed by atoms with E-state index in [4.69, 9.17) is 23.7 Å². The fourth-order valence-electron chi connectivity index (χ4n) is 6.09. The molecule has 33 heavy (non-hydrogen) atoms. The molecule has 0 unspecified atom stereocenters. The Balaban J connectivity index is 1.84. The lowest BCUT2D eigenvalue weighted by Gasteiger charge is -2.43. The summed E-state index contributed by atoms with van der Waals surface area (Å²) < 4.78 is 29.4. The van der Waals surface area contributed by atoms with Crippen molar-refractivity contribution in [2.75, 3.05) is 14.2 Å². The maximum Gasteiger partial charge on any atom is 0.374 e. The molecule has 7 heteroatoms. The molecule has 182 valence electrons. The molecule has 0 spiro atoms. The van der Waals surface area contributed by atoms with Crippen LogP contribution in [-0.4, -0.2) is 43.7 Å². The Hall–Kier alpha value is -2.12. The highest BCUT2D eigenvalue weighted by atomic mass is 16.7. The minimum absolute atomic E-state index is 0.0376. The van der Waals surface area contributed by atoms with Crippen LogP contribution in [0.4, 0.5) is 0 Å². The number of methoxy groups -OCH3 is 2. The fraction of sp³-hybridized carbons (Fsp3) is 0.692. The molecule has 2 fully saturated rings. The highest BCUT2D eigenvalue weighted by molar-refractivity contribution is 5.89. The number of carbonyl (C=O) groups is 2. The van der Waals surface area contributed by atoms with Crippen LogP contribution in [0.3, 0.4) is 0 Å². The fourth-order valence-corrected chi connectivity index (χ4v) is 6.09. The van der Waals surface area contributed by atoms with Crippen LogP contribution in [0.1, 0.15) is 60.8 Å². The number of allylic oxidation sites excluding steroid dienone is 2. The molecule has 6 atom stereocenters. The van der Waals surface area contributed by atoms with Crippen LogP contribution < -0.4 is 0 Å². The number of hydrogen-bond donors (Lipinski definition) is 0. The summed E-state index contributed by atoms with van der Waals surface area (Å²) in [6.07, 6.45) is 3.73. The second-order valence-corrected chi connectivity index (χ2v) is 10.4. The molecule has 0 amide bonds. The van der Waals surface area contributed by atoms with Gasteiger partial charge in [0.25, 0.3) is 0 Å². The van der Waals surface area contributed by atoms with Crippen LogP contribution in [0.15, 0.2) is 34.3 Å². The maximum absolute atomic E-state index is 12.9. The lowest BCUT2D eigenvalue weighted by molar-refractivity contribution is -0.217. The summed E-state index contributed by atoms with van der Waals surface area (Å²) in [4.78, 5) is 25.7. The predicted octanol–water partition coefficient (Wildman–Crippen LogP) is 4.43. The van der Waals surface area contributed by atoms with Crippen molar-refractivity contribution in [1.82, 2.24) is 0 Å². The van der Waals surface area contributed by atoms with Crippen LogP contribution in [0.25, 0.3) is 0 Å². The van der Waals surface area contributed by atoms with E-state index < -0.39 is 23.3 Å². The van der Waals surface area contributed by atoms with Gasteiger partial charge in [-0.05, 0) is 69.6 Å². The van der Waals surface area contributed by atoms with Crippen LogP contribution >= 0.6 is 0 Å². The van der Waals surface area contributed by atoms with Crippen molar-refractivity contribution >= 4 is 11.9 Å². The van der Waals surface area contributed by atoms with Gasteiger partial charge >= 0.3 is 11.9 Å². The topological polar surface area (TPSA) is 80.3 Å². The minimum atomic E-state index is -1.05. The molecule has 4 rings (SSSR count). The van der Waals surface area contributed by atoms with Gasteiger partial charge in [0.1, 0.15) is 17.3 Å². The Labute approximate surface area is 196 Å². The van der Waals surface area contributed by atoms with Gasteiger partial charge in [0.15, 0.2) is 5.79 Å². The number of hydrogen-bond acceptors (Lipinski definition) is 7. The first-order valence-corrected chi connectivity index (χ1v) is 11.8. The summed E-state index contributed by atoms with van der Waals surface area (Å²) in [5.74, 6) is -1.45. The van der Waals surface area contributed by atoms with Gasteiger partial charge in [-0.3, -0.25) is 4.79 Å². The number of ether oxygens (including phenoxy) is 5.